The van der Waals surface area contributed by atoms with Gasteiger partial charge in [0.05, 0.1) is 19.7 Å². The second-order valence-corrected chi connectivity index (χ2v) is 7.48. The molecule has 2 heteroatoms. The van der Waals surface area contributed by atoms with E-state index < -0.39 is 0 Å². The molecule has 4 atom stereocenters. The van der Waals surface area contributed by atoms with Gasteiger partial charge in [0.2, 0.25) is 0 Å². The van der Waals surface area contributed by atoms with Crippen molar-refractivity contribution in [2.75, 3.05) is 19.7 Å². The van der Waals surface area contributed by atoms with Crippen molar-refractivity contribution in [3.63, 3.8) is 0 Å². The summed E-state index contributed by atoms with van der Waals surface area (Å²) in [6.45, 7) is 7.76. The molecule has 3 saturated heterocycles. The Morgan fingerprint density at radius 1 is 1.17 bits per heavy atom. The van der Waals surface area contributed by atoms with E-state index in [1.807, 2.05) is 0 Å². The van der Waals surface area contributed by atoms with E-state index in [0.717, 1.165) is 29.9 Å². The number of hydrogen-bond donors (Lipinski definition) is 1. The molecule has 23 heavy (non-hydrogen) atoms. The van der Waals surface area contributed by atoms with Gasteiger partial charge in [0.25, 0.3) is 0 Å². The lowest BCUT2D eigenvalue weighted by Crippen LogP contribution is -2.67. The number of benzene rings is 2. The maximum Gasteiger partial charge on any atom is 0.113 e. The lowest BCUT2D eigenvalue weighted by molar-refractivity contribution is -0.981. The maximum atomic E-state index is 9.95. The van der Waals surface area contributed by atoms with E-state index in [2.05, 4.69) is 55.1 Å². The van der Waals surface area contributed by atoms with Crippen LogP contribution in [0.15, 0.2) is 55.1 Å². The van der Waals surface area contributed by atoms with Gasteiger partial charge in [-0.1, -0.05) is 42.5 Å². The minimum atomic E-state index is 0.313. The van der Waals surface area contributed by atoms with Crippen molar-refractivity contribution in [3.8, 4) is 0 Å². The lowest BCUT2D eigenvalue weighted by atomic mass is 9.73. The fourth-order valence-electron chi connectivity index (χ4n) is 4.98. The Morgan fingerprint density at radius 3 is 2.78 bits per heavy atom. The average Bonchev–Trinajstić information content (AvgIpc) is 2.61. The van der Waals surface area contributed by atoms with Gasteiger partial charge in [-0.15, -0.1) is 6.58 Å². The Hall–Kier alpha value is -1.64. The van der Waals surface area contributed by atoms with Gasteiger partial charge in [0.1, 0.15) is 12.6 Å². The minimum Gasteiger partial charge on any atom is -0.390 e. The molecule has 2 aromatic rings. The number of quaternary nitrogens is 1. The molecular weight excluding hydrogens is 282 g/mol. The summed E-state index contributed by atoms with van der Waals surface area (Å²) >= 11 is 0. The van der Waals surface area contributed by atoms with Crippen molar-refractivity contribution in [2.45, 2.75) is 25.4 Å². The molecule has 0 aromatic heterocycles. The predicted octanol–water partition coefficient (Wildman–Crippen LogP) is 3.74. The Morgan fingerprint density at radius 2 is 2.00 bits per heavy atom. The zero-order valence-electron chi connectivity index (χ0n) is 13.7. The van der Waals surface area contributed by atoms with Gasteiger partial charge < -0.3 is 9.59 Å². The van der Waals surface area contributed by atoms with Crippen LogP contribution in [0.25, 0.3) is 10.8 Å². The van der Waals surface area contributed by atoms with Gasteiger partial charge in [-0.3, -0.25) is 0 Å². The van der Waals surface area contributed by atoms with Crippen molar-refractivity contribution < 1.29 is 9.59 Å². The average molecular weight is 308 g/mol. The van der Waals surface area contributed by atoms with E-state index >= 15 is 0 Å². The highest BCUT2D eigenvalue weighted by molar-refractivity contribution is 5.82. The van der Waals surface area contributed by atoms with Crippen LogP contribution in [0.5, 0.6) is 0 Å². The number of nitrogens with zero attached hydrogens (tertiary/aromatic N) is 1. The third kappa shape index (κ3) is 2.50. The maximum absolute atomic E-state index is 9.95. The summed E-state index contributed by atoms with van der Waals surface area (Å²) in [6.07, 6.45) is 4.59. The first-order valence-electron chi connectivity index (χ1n) is 8.81. The second-order valence-electron chi connectivity index (χ2n) is 7.48. The van der Waals surface area contributed by atoms with Crippen molar-refractivity contribution in [1.82, 2.24) is 0 Å². The van der Waals surface area contributed by atoms with Gasteiger partial charge >= 0.3 is 0 Å². The topological polar surface area (TPSA) is 20.2 Å². The third-order valence-corrected chi connectivity index (χ3v) is 6.30. The Balaban J connectivity index is 1.67. The van der Waals surface area contributed by atoms with Crippen molar-refractivity contribution in [1.29, 1.82) is 0 Å². The summed E-state index contributed by atoms with van der Waals surface area (Å²) < 4.78 is 1.04. The highest BCUT2D eigenvalue weighted by Crippen LogP contribution is 2.43. The number of aliphatic hydroxyl groups is 1. The Kier molecular flexibility index (Phi) is 3.74. The van der Waals surface area contributed by atoms with Gasteiger partial charge in [0.15, 0.2) is 0 Å². The molecular formula is C21H26NO+. The van der Waals surface area contributed by atoms with Crippen LogP contribution in [-0.2, 0) is 6.54 Å². The van der Waals surface area contributed by atoms with E-state index in [4.69, 9.17) is 0 Å². The standard InChI is InChI=1S/C21H26NO/c1-2-17-14-22(10-9-20(17)12-21(22)15-23)13-16-7-8-18-5-3-4-6-19(18)11-16/h2-8,11,17,20-21,23H,1,9-10,12-15H2/q+1/t17-,20?,21+,22?/m0/s1. The monoisotopic (exact) mass is 308 g/mol. The summed E-state index contributed by atoms with van der Waals surface area (Å²) in [4.78, 5) is 0. The van der Waals surface area contributed by atoms with Crippen LogP contribution in [0.3, 0.4) is 0 Å². The molecule has 2 aromatic carbocycles. The number of rotatable bonds is 4. The van der Waals surface area contributed by atoms with Crippen molar-refractivity contribution >= 4 is 10.8 Å². The molecule has 0 amide bonds. The molecule has 0 aliphatic carbocycles. The quantitative estimate of drug-likeness (QED) is 0.674. The first kappa shape index (κ1) is 14.9. The number of piperidine rings is 3. The molecule has 1 N–H and O–H groups in total. The van der Waals surface area contributed by atoms with Gasteiger partial charge in [-0.05, 0) is 22.8 Å². The van der Waals surface area contributed by atoms with E-state index in [1.165, 1.54) is 29.3 Å². The predicted molar refractivity (Wildman–Crippen MR) is 94.9 cm³/mol. The molecule has 2 bridgehead atoms. The highest BCUT2D eigenvalue weighted by Gasteiger charge is 2.50. The molecule has 3 fully saturated rings. The fraction of sp³-hybridized carbons (Fsp3) is 0.429. The van der Waals surface area contributed by atoms with Crippen LogP contribution in [0.4, 0.5) is 0 Å². The highest BCUT2D eigenvalue weighted by atomic mass is 16.3. The zero-order valence-corrected chi connectivity index (χ0v) is 13.7. The molecule has 2 nitrogen and oxygen atoms in total. The fourth-order valence-corrected chi connectivity index (χ4v) is 4.98. The largest absolute Gasteiger partial charge is 0.390 e. The van der Waals surface area contributed by atoms with Crippen LogP contribution in [0.2, 0.25) is 0 Å². The van der Waals surface area contributed by atoms with Crippen LogP contribution >= 0.6 is 0 Å². The summed E-state index contributed by atoms with van der Waals surface area (Å²) in [7, 11) is 0. The molecule has 0 spiro atoms. The van der Waals surface area contributed by atoms with Gasteiger partial charge in [-0.2, -0.15) is 0 Å². The summed E-state index contributed by atoms with van der Waals surface area (Å²) in [5.41, 5.74) is 1.39. The van der Waals surface area contributed by atoms with Crippen LogP contribution in [-0.4, -0.2) is 35.3 Å². The lowest BCUT2D eigenvalue weighted by Gasteiger charge is -2.56. The molecule has 3 aliphatic heterocycles. The van der Waals surface area contributed by atoms with E-state index in [0.29, 0.717) is 18.6 Å². The normalized spacial score (nSPS) is 33.0. The molecule has 0 radical (unpaired) electrons. The Labute approximate surface area is 138 Å². The minimum absolute atomic E-state index is 0.313. The SMILES string of the molecule is C=C[C@H]1C[N+]2(Cc3ccc4ccccc4c3)CCC1C[C@@H]2CO. The van der Waals surface area contributed by atoms with E-state index in [1.54, 1.807) is 0 Å². The molecule has 2 unspecified atom stereocenters. The summed E-state index contributed by atoms with van der Waals surface area (Å²) in [5, 5.41) is 12.6. The van der Waals surface area contributed by atoms with Crippen LogP contribution < -0.4 is 0 Å². The van der Waals surface area contributed by atoms with Crippen molar-refractivity contribution in [3.05, 3.63) is 60.7 Å². The number of hydrogen-bond acceptors (Lipinski definition) is 1. The second kappa shape index (κ2) is 5.77. The van der Waals surface area contributed by atoms with Crippen molar-refractivity contribution in [2.24, 2.45) is 11.8 Å². The third-order valence-electron chi connectivity index (χ3n) is 6.30. The first-order valence-corrected chi connectivity index (χ1v) is 8.81. The summed E-state index contributed by atoms with van der Waals surface area (Å²) in [5.74, 6) is 1.35. The Bertz CT molecular complexity index is 725. The molecule has 3 heterocycles. The number of fused-ring (bicyclic) bond motifs is 4. The van der Waals surface area contributed by atoms with Crippen LogP contribution in [0, 0.1) is 11.8 Å². The van der Waals surface area contributed by atoms with E-state index in [9.17, 15) is 5.11 Å². The van der Waals surface area contributed by atoms with E-state index in [-0.39, 0.29) is 0 Å². The first-order chi connectivity index (χ1) is 11.2. The van der Waals surface area contributed by atoms with Gasteiger partial charge in [0, 0.05) is 24.3 Å². The molecule has 120 valence electrons. The number of aliphatic hydroxyl groups excluding tert-OH is 1. The molecule has 0 saturated carbocycles. The molecule has 5 rings (SSSR count). The molecule has 3 aliphatic rings. The van der Waals surface area contributed by atoms with Gasteiger partial charge in [-0.25, -0.2) is 0 Å². The van der Waals surface area contributed by atoms with Crippen LogP contribution in [0.1, 0.15) is 18.4 Å². The zero-order chi connectivity index (χ0) is 15.9. The smallest absolute Gasteiger partial charge is 0.113 e. The summed E-state index contributed by atoms with van der Waals surface area (Å²) in [6, 6.07) is 15.8.